The van der Waals surface area contributed by atoms with Crippen LogP contribution in [0.5, 0.6) is 0 Å². The Kier molecular flexibility index (Phi) is 5.11. The molecule has 31 heavy (non-hydrogen) atoms. The first-order valence-electron chi connectivity index (χ1n) is 10.4. The highest BCUT2D eigenvalue weighted by Crippen LogP contribution is 2.39. The van der Waals surface area contributed by atoms with Crippen molar-refractivity contribution in [3.05, 3.63) is 114 Å². The van der Waals surface area contributed by atoms with Gasteiger partial charge in [0.25, 0.3) is 5.91 Å². The van der Waals surface area contributed by atoms with Crippen LogP contribution in [0.25, 0.3) is 10.8 Å². The van der Waals surface area contributed by atoms with Crippen molar-refractivity contribution in [3.63, 3.8) is 0 Å². The van der Waals surface area contributed by atoms with Crippen molar-refractivity contribution in [1.29, 1.82) is 0 Å². The van der Waals surface area contributed by atoms with Crippen molar-refractivity contribution < 1.29 is 4.79 Å². The van der Waals surface area contributed by atoms with Crippen LogP contribution in [-0.4, -0.2) is 12.5 Å². The average molecular weight is 406 g/mol. The Bertz CT molecular complexity index is 1250. The number of anilines is 3. The summed E-state index contributed by atoms with van der Waals surface area (Å²) in [6.45, 7) is 1.27. The molecule has 2 N–H and O–H groups in total. The molecule has 1 aliphatic heterocycles. The molecule has 0 atom stereocenters. The topological polar surface area (TPSA) is 44.4 Å². The van der Waals surface area contributed by atoms with E-state index in [1.807, 2.05) is 30.3 Å². The lowest BCUT2D eigenvalue weighted by atomic mass is 10.1. The van der Waals surface area contributed by atoms with Gasteiger partial charge in [-0.3, -0.25) is 4.79 Å². The summed E-state index contributed by atoms with van der Waals surface area (Å²) in [6, 6.07) is 30.4. The quantitative estimate of drug-likeness (QED) is 0.448. The largest absolute Gasteiger partial charge is 0.379 e. The maximum atomic E-state index is 12.3. The third-order valence-electron chi connectivity index (χ3n) is 5.52. The van der Waals surface area contributed by atoms with Gasteiger partial charge in [-0.1, -0.05) is 60.7 Å². The molecule has 0 radical (unpaired) electrons. The van der Waals surface area contributed by atoms with Gasteiger partial charge < -0.3 is 15.5 Å². The lowest BCUT2D eigenvalue weighted by Crippen LogP contribution is -2.22. The van der Waals surface area contributed by atoms with Crippen LogP contribution in [0.3, 0.4) is 0 Å². The minimum atomic E-state index is -0.0630. The summed E-state index contributed by atoms with van der Waals surface area (Å²) in [7, 11) is 0. The van der Waals surface area contributed by atoms with Crippen LogP contribution in [0.2, 0.25) is 0 Å². The maximum Gasteiger partial charge on any atom is 0.251 e. The van der Waals surface area contributed by atoms with E-state index in [1.54, 1.807) is 0 Å². The summed E-state index contributed by atoms with van der Waals surface area (Å²) in [5, 5.41) is 8.97. The molecular weight excluding hydrogens is 382 g/mol. The summed E-state index contributed by atoms with van der Waals surface area (Å²) in [5.41, 5.74) is 5.07. The van der Waals surface area contributed by atoms with Gasteiger partial charge >= 0.3 is 0 Å². The Morgan fingerprint density at radius 1 is 0.871 bits per heavy atom. The van der Waals surface area contributed by atoms with Crippen molar-refractivity contribution in [3.8, 4) is 0 Å². The third kappa shape index (κ3) is 3.88. The normalized spacial score (nSPS) is 12.7. The fourth-order valence-electron chi connectivity index (χ4n) is 3.92. The van der Waals surface area contributed by atoms with E-state index in [1.165, 1.54) is 10.8 Å². The number of nitrogens with one attached hydrogen (secondary N) is 2. The summed E-state index contributed by atoms with van der Waals surface area (Å²) in [6.07, 6.45) is 4.24. The van der Waals surface area contributed by atoms with E-state index in [-0.39, 0.29) is 5.91 Å². The molecule has 4 aromatic rings. The molecule has 152 valence electrons. The zero-order chi connectivity index (χ0) is 21.0. The highest BCUT2D eigenvalue weighted by atomic mass is 16.1. The molecule has 4 heteroatoms. The molecule has 5 rings (SSSR count). The van der Waals surface area contributed by atoms with E-state index in [0.29, 0.717) is 12.1 Å². The second-order valence-electron chi connectivity index (χ2n) is 7.53. The Morgan fingerprint density at radius 2 is 1.65 bits per heavy atom. The molecule has 1 amide bonds. The number of nitrogens with zero attached hydrogens (tertiary/aromatic N) is 1. The second-order valence-corrected chi connectivity index (χ2v) is 7.53. The fraction of sp³-hybridized carbons (Fsp3) is 0.0741. The number of hydrogen-bond acceptors (Lipinski definition) is 3. The van der Waals surface area contributed by atoms with Crippen LogP contribution in [0.4, 0.5) is 17.1 Å². The Balaban J connectivity index is 1.37. The van der Waals surface area contributed by atoms with Gasteiger partial charge in [0, 0.05) is 35.9 Å². The summed E-state index contributed by atoms with van der Waals surface area (Å²) >= 11 is 0. The molecule has 0 spiro atoms. The lowest BCUT2D eigenvalue weighted by molar-refractivity contribution is 0.0951. The van der Waals surface area contributed by atoms with Crippen molar-refractivity contribution in [2.24, 2.45) is 0 Å². The number of carbonyl (C=O) groups excluding carboxylic acids is 1. The molecule has 0 aliphatic carbocycles. The SMILES string of the molecule is O=C(NCc1ccc(N2C=CCNc3c2ccc2ccccc32)cc1)c1ccccc1. The first-order valence-corrected chi connectivity index (χ1v) is 10.4. The molecule has 0 fully saturated rings. The van der Waals surface area contributed by atoms with Crippen LogP contribution < -0.4 is 15.5 Å². The zero-order valence-electron chi connectivity index (χ0n) is 17.1. The smallest absolute Gasteiger partial charge is 0.251 e. The molecule has 0 bridgehead atoms. The molecule has 0 saturated heterocycles. The highest BCUT2D eigenvalue weighted by molar-refractivity contribution is 6.02. The Hall–Kier alpha value is -4.05. The molecule has 4 nitrogen and oxygen atoms in total. The van der Waals surface area contributed by atoms with Crippen molar-refractivity contribution in [2.75, 3.05) is 16.8 Å². The predicted octanol–water partition coefficient (Wildman–Crippen LogP) is 5.85. The van der Waals surface area contributed by atoms with Gasteiger partial charge in [-0.2, -0.15) is 0 Å². The lowest BCUT2D eigenvalue weighted by Gasteiger charge is -2.23. The maximum absolute atomic E-state index is 12.3. The molecule has 0 aromatic heterocycles. The Morgan fingerprint density at radius 3 is 2.48 bits per heavy atom. The molecule has 1 aliphatic rings. The number of fused-ring (bicyclic) bond motifs is 3. The van der Waals surface area contributed by atoms with Gasteiger partial charge in [-0.05, 0) is 47.4 Å². The number of rotatable bonds is 4. The molecule has 4 aromatic carbocycles. The second kappa shape index (κ2) is 8.36. The van der Waals surface area contributed by atoms with Gasteiger partial charge in [-0.25, -0.2) is 0 Å². The number of carbonyl (C=O) groups is 1. The van der Waals surface area contributed by atoms with E-state index in [9.17, 15) is 4.79 Å². The van der Waals surface area contributed by atoms with E-state index in [2.05, 4.69) is 88.5 Å². The minimum Gasteiger partial charge on any atom is -0.379 e. The van der Waals surface area contributed by atoms with Gasteiger partial charge in [0.1, 0.15) is 0 Å². The van der Waals surface area contributed by atoms with Gasteiger partial charge in [0.15, 0.2) is 0 Å². The van der Waals surface area contributed by atoms with E-state index in [0.717, 1.165) is 29.2 Å². The van der Waals surface area contributed by atoms with Crippen LogP contribution in [0, 0.1) is 0 Å². The van der Waals surface area contributed by atoms with Crippen molar-refractivity contribution in [1.82, 2.24) is 5.32 Å². The average Bonchev–Trinajstić information content (AvgIpc) is 3.06. The molecule has 0 unspecified atom stereocenters. The fourth-order valence-corrected chi connectivity index (χ4v) is 3.92. The summed E-state index contributed by atoms with van der Waals surface area (Å²) in [5.74, 6) is -0.0630. The van der Waals surface area contributed by atoms with Crippen LogP contribution >= 0.6 is 0 Å². The van der Waals surface area contributed by atoms with Crippen molar-refractivity contribution in [2.45, 2.75) is 6.54 Å². The first kappa shape index (κ1) is 18.9. The first-order chi connectivity index (χ1) is 15.3. The van der Waals surface area contributed by atoms with E-state index < -0.39 is 0 Å². The third-order valence-corrected chi connectivity index (χ3v) is 5.52. The standard InChI is InChI=1S/C27H23N3O/c31-27(22-8-2-1-3-9-22)29-19-20-11-14-23(15-12-20)30-18-6-17-28-26-24-10-5-4-7-21(24)13-16-25(26)30/h1-16,18,28H,17,19H2,(H,29,31). The molecule has 1 heterocycles. The van der Waals surface area contributed by atoms with Crippen LogP contribution in [0.1, 0.15) is 15.9 Å². The summed E-state index contributed by atoms with van der Waals surface area (Å²) in [4.78, 5) is 14.5. The molecule has 0 saturated carbocycles. The zero-order valence-corrected chi connectivity index (χ0v) is 17.1. The monoisotopic (exact) mass is 405 g/mol. The predicted molar refractivity (Wildman–Crippen MR) is 128 cm³/mol. The minimum absolute atomic E-state index is 0.0630. The van der Waals surface area contributed by atoms with Crippen LogP contribution in [-0.2, 0) is 6.54 Å². The van der Waals surface area contributed by atoms with E-state index in [4.69, 9.17) is 0 Å². The Labute approximate surface area is 181 Å². The van der Waals surface area contributed by atoms with Crippen molar-refractivity contribution >= 4 is 33.7 Å². The van der Waals surface area contributed by atoms with Gasteiger partial charge in [-0.15, -0.1) is 0 Å². The molecular formula is C27H23N3O. The van der Waals surface area contributed by atoms with Crippen LogP contribution in [0.15, 0.2) is 103 Å². The number of benzene rings is 4. The highest BCUT2D eigenvalue weighted by Gasteiger charge is 2.16. The number of amides is 1. The van der Waals surface area contributed by atoms with E-state index >= 15 is 0 Å². The van der Waals surface area contributed by atoms with Gasteiger partial charge in [0.05, 0.1) is 11.4 Å². The van der Waals surface area contributed by atoms with Gasteiger partial charge in [0.2, 0.25) is 0 Å². The number of hydrogen-bond donors (Lipinski definition) is 2. The summed E-state index contributed by atoms with van der Waals surface area (Å²) < 4.78 is 0.